The minimum absolute atomic E-state index is 0.0185. The Balaban J connectivity index is 1.50. The quantitative estimate of drug-likeness (QED) is 0.531. The molecule has 9 heteroatoms. The Labute approximate surface area is 189 Å². The van der Waals surface area contributed by atoms with Gasteiger partial charge < -0.3 is 15.4 Å². The molecule has 0 radical (unpaired) electrons. The third-order valence-electron chi connectivity index (χ3n) is 5.47. The van der Waals surface area contributed by atoms with Crippen molar-refractivity contribution >= 4 is 23.5 Å². The number of esters is 1. The second-order valence-corrected chi connectivity index (χ2v) is 7.69. The highest BCUT2D eigenvalue weighted by Gasteiger charge is 2.28. The largest absolute Gasteiger partial charge is 0.451 e. The number of para-hydroxylation sites is 1. The van der Waals surface area contributed by atoms with Gasteiger partial charge >= 0.3 is 5.97 Å². The molecule has 1 heterocycles. The molecule has 1 aliphatic carbocycles. The molecule has 0 fully saturated rings. The fourth-order valence-electron chi connectivity index (χ4n) is 3.90. The summed E-state index contributed by atoms with van der Waals surface area (Å²) in [6.45, 7) is -0.572. The van der Waals surface area contributed by atoms with Gasteiger partial charge in [-0.1, -0.05) is 18.2 Å². The van der Waals surface area contributed by atoms with Gasteiger partial charge in [0.05, 0.1) is 5.69 Å². The van der Waals surface area contributed by atoms with Crippen molar-refractivity contribution in [1.29, 1.82) is 0 Å². The van der Waals surface area contributed by atoms with Crippen LogP contribution in [0.3, 0.4) is 0 Å². The zero-order valence-corrected chi connectivity index (χ0v) is 17.9. The van der Waals surface area contributed by atoms with Crippen molar-refractivity contribution in [1.82, 2.24) is 9.78 Å². The number of hydrogen-bond acceptors (Lipinski definition) is 5. The maximum Gasteiger partial charge on any atom is 0.359 e. The van der Waals surface area contributed by atoms with Crippen LogP contribution < -0.4 is 10.6 Å². The molecular weight excluding hydrogens is 427 g/mol. The summed E-state index contributed by atoms with van der Waals surface area (Å²) < 4.78 is 20.3. The summed E-state index contributed by atoms with van der Waals surface area (Å²) in [7, 11) is 0. The first-order chi connectivity index (χ1) is 15.9. The molecule has 3 aromatic rings. The van der Waals surface area contributed by atoms with E-state index in [1.165, 1.54) is 29.2 Å². The predicted octanol–water partition coefficient (Wildman–Crippen LogP) is 2.57. The van der Waals surface area contributed by atoms with E-state index in [1.54, 1.807) is 4.68 Å². The molecule has 0 atom stereocenters. The molecule has 4 rings (SSSR count). The topological polar surface area (TPSA) is 108 Å². The van der Waals surface area contributed by atoms with E-state index in [-0.39, 0.29) is 18.7 Å². The molecule has 0 saturated carbocycles. The first-order valence-electron chi connectivity index (χ1n) is 10.6. The molecular formula is C24H23FN4O4. The number of carbonyl (C=O) groups excluding carboxylic acids is 3. The molecule has 33 heavy (non-hydrogen) atoms. The van der Waals surface area contributed by atoms with Crippen LogP contribution in [0.5, 0.6) is 0 Å². The van der Waals surface area contributed by atoms with E-state index in [1.807, 2.05) is 30.3 Å². The van der Waals surface area contributed by atoms with Crippen LogP contribution in [0.1, 0.15) is 34.6 Å². The van der Waals surface area contributed by atoms with Gasteiger partial charge in [-0.15, -0.1) is 0 Å². The lowest BCUT2D eigenvalue weighted by molar-refractivity contribution is -0.121. The number of halogens is 1. The van der Waals surface area contributed by atoms with E-state index in [4.69, 9.17) is 10.5 Å². The summed E-state index contributed by atoms with van der Waals surface area (Å²) in [5.41, 5.74) is 8.43. The normalized spacial score (nSPS) is 12.3. The van der Waals surface area contributed by atoms with Crippen LogP contribution in [0, 0.1) is 5.82 Å². The molecule has 8 nitrogen and oxygen atoms in total. The molecule has 0 saturated heterocycles. The summed E-state index contributed by atoms with van der Waals surface area (Å²) in [5.74, 6) is -2.30. The molecule has 2 amide bonds. The zero-order chi connectivity index (χ0) is 23.4. The van der Waals surface area contributed by atoms with Gasteiger partial charge in [-0.3, -0.25) is 9.59 Å². The Morgan fingerprint density at radius 2 is 1.79 bits per heavy atom. The van der Waals surface area contributed by atoms with Gasteiger partial charge in [0.2, 0.25) is 5.91 Å². The number of nitrogens with zero attached hydrogens (tertiary/aromatic N) is 3. The SMILES string of the molecule is NC(=O)CCN(C(=O)COC(=O)c1nn(-c2ccccc2)c2c1CCC2)c1ccc(F)cc1. The summed E-state index contributed by atoms with van der Waals surface area (Å²) >= 11 is 0. The Morgan fingerprint density at radius 3 is 2.48 bits per heavy atom. The number of fused-ring (bicyclic) bond motifs is 1. The van der Waals surface area contributed by atoms with Gasteiger partial charge in [0.25, 0.3) is 5.91 Å². The number of carbonyl (C=O) groups is 3. The summed E-state index contributed by atoms with van der Waals surface area (Å²) in [5, 5.41) is 4.47. The van der Waals surface area contributed by atoms with Gasteiger partial charge in [0.1, 0.15) is 5.82 Å². The van der Waals surface area contributed by atoms with Crippen LogP contribution in [0.15, 0.2) is 54.6 Å². The molecule has 1 aromatic heterocycles. The summed E-state index contributed by atoms with van der Waals surface area (Å²) in [4.78, 5) is 38.1. The van der Waals surface area contributed by atoms with E-state index in [9.17, 15) is 18.8 Å². The Morgan fingerprint density at radius 1 is 1.06 bits per heavy atom. The first kappa shape index (κ1) is 22.2. The molecule has 0 aliphatic heterocycles. The number of amides is 2. The second kappa shape index (κ2) is 9.64. The average Bonchev–Trinajstić information content (AvgIpc) is 3.42. The third-order valence-corrected chi connectivity index (χ3v) is 5.47. The number of benzene rings is 2. The number of hydrogen-bond donors (Lipinski definition) is 1. The maximum atomic E-state index is 13.3. The molecule has 1 aliphatic rings. The number of nitrogens with two attached hydrogens (primary N) is 1. The lowest BCUT2D eigenvalue weighted by Crippen LogP contribution is -2.37. The third kappa shape index (κ3) is 4.92. The van der Waals surface area contributed by atoms with Crippen LogP contribution in [0.4, 0.5) is 10.1 Å². The smallest absolute Gasteiger partial charge is 0.359 e. The van der Waals surface area contributed by atoms with Crippen molar-refractivity contribution in [3.63, 3.8) is 0 Å². The second-order valence-electron chi connectivity index (χ2n) is 7.69. The lowest BCUT2D eigenvalue weighted by Gasteiger charge is -2.22. The van der Waals surface area contributed by atoms with Crippen LogP contribution in [0.25, 0.3) is 5.69 Å². The number of anilines is 1. The summed E-state index contributed by atoms with van der Waals surface area (Å²) in [6, 6.07) is 14.7. The molecule has 0 spiro atoms. The average molecular weight is 450 g/mol. The molecule has 170 valence electrons. The fraction of sp³-hybridized carbons (Fsp3) is 0.250. The Bertz CT molecular complexity index is 1180. The van der Waals surface area contributed by atoms with Crippen molar-refractivity contribution < 1.29 is 23.5 Å². The van der Waals surface area contributed by atoms with Crippen LogP contribution in [0.2, 0.25) is 0 Å². The number of rotatable bonds is 8. The maximum absolute atomic E-state index is 13.3. The van der Waals surface area contributed by atoms with Gasteiger partial charge in [-0.2, -0.15) is 5.10 Å². The van der Waals surface area contributed by atoms with E-state index in [0.29, 0.717) is 12.1 Å². The molecule has 2 N–H and O–H groups in total. The van der Waals surface area contributed by atoms with Crippen LogP contribution in [-0.4, -0.2) is 40.7 Å². The first-order valence-corrected chi connectivity index (χ1v) is 10.6. The zero-order valence-electron chi connectivity index (χ0n) is 17.9. The Kier molecular flexibility index (Phi) is 6.48. The van der Waals surface area contributed by atoms with E-state index in [0.717, 1.165) is 29.8 Å². The van der Waals surface area contributed by atoms with Gasteiger partial charge in [-0.05, 0) is 55.7 Å². The number of primary amides is 1. The highest BCUT2D eigenvalue weighted by atomic mass is 19.1. The lowest BCUT2D eigenvalue weighted by atomic mass is 10.2. The summed E-state index contributed by atoms with van der Waals surface area (Å²) in [6.07, 6.45) is 2.33. The standard InChI is InChI=1S/C24H23FN4O4/c25-16-9-11-17(12-10-16)28(14-13-21(26)30)22(31)15-33-24(32)23-19-7-4-8-20(19)29(27-23)18-5-2-1-3-6-18/h1-3,5-6,9-12H,4,7-8,13-15H2,(H2,26,30). The fourth-order valence-corrected chi connectivity index (χ4v) is 3.90. The monoisotopic (exact) mass is 450 g/mol. The van der Waals surface area contributed by atoms with Crippen LogP contribution >= 0.6 is 0 Å². The molecule has 2 aromatic carbocycles. The van der Waals surface area contributed by atoms with Gasteiger partial charge in [0.15, 0.2) is 12.3 Å². The van der Waals surface area contributed by atoms with Gasteiger partial charge in [-0.25, -0.2) is 13.9 Å². The minimum Gasteiger partial charge on any atom is -0.451 e. The van der Waals surface area contributed by atoms with Crippen molar-refractivity contribution in [2.45, 2.75) is 25.7 Å². The van der Waals surface area contributed by atoms with E-state index in [2.05, 4.69) is 5.10 Å². The van der Waals surface area contributed by atoms with Crippen molar-refractivity contribution in [3.8, 4) is 5.69 Å². The van der Waals surface area contributed by atoms with Crippen LogP contribution in [-0.2, 0) is 27.2 Å². The highest BCUT2D eigenvalue weighted by Crippen LogP contribution is 2.28. The van der Waals surface area contributed by atoms with Crippen molar-refractivity contribution in [2.75, 3.05) is 18.1 Å². The Hall–Kier alpha value is -4.01. The van der Waals surface area contributed by atoms with Crippen molar-refractivity contribution in [2.24, 2.45) is 5.73 Å². The number of ether oxygens (including phenoxy) is 1. The van der Waals surface area contributed by atoms with E-state index < -0.39 is 30.2 Å². The predicted molar refractivity (Wildman–Crippen MR) is 118 cm³/mol. The molecule has 0 bridgehead atoms. The minimum atomic E-state index is -0.690. The van der Waals surface area contributed by atoms with Gasteiger partial charge in [0, 0.05) is 29.9 Å². The van der Waals surface area contributed by atoms with Crippen molar-refractivity contribution in [3.05, 3.63) is 77.4 Å². The highest BCUT2D eigenvalue weighted by molar-refractivity contribution is 5.97. The number of aromatic nitrogens is 2. The molecule has 0 unspecified atom stereocenters. The van der Waals surface area contributed by atoms with E-state index >= 15 is 0 Å².